The predicted octanol–water partition coefficient (Wildman–Crippen LogP) is 10.9. The van der Waals surface area contributed by atoms with Gasteiger partial charge in [-0.15, -0.1) is 0 Å². The molecule has 0 heterocycles. The Kier molecular flexibility index (Phi) is 18.9. The molecule has 2 unspecified atom stereocenters. The lowest BCUT2D eigenvalue weighted by atomic mass is 9.70. The van der Waals surface area contributed by atoms with Gasteiger partial charge in [-0.1, -0.05) is 173 Å². The highest BCUT2D eigenvalue weighted by molar-refractivity contribution is 5.81. The van der Waals surface area contributed by atoms with E-state index >= 15 is 0 Å². The number of aliphatic carboxylic acids is 1. The lowest BCUT2D eigenvalue weighted by molar-refractivity contribution is -0.145. The van der Waals surface area contributed by atoms with Crippen molar-refractivity contribution < 1.29 is 9.90 Å². The van der Waals surface area contributed by atoms with Crippen LogP contribution in [0.5, 0.6) is 0 Å². The van der Waals surface area contributed by atoms with Gasteiger partial charge in [0.05, 0.1) is 5.41 Å². The highest BCUT2D eigenvalue weighted by atomic mass is 16.4. The summed E-state index contributed by atoms with van der Waals surface area (Å²) >= 11 is 0. The molecule has 35 heavy (non-hydrogen) atoms. The predicted molar refractivity (Wildman–Crippen MR) is 153 cm³/mol. The standard InChI is InChI=1S/C33H58O2/c1-4-6-8-10-12-14-15-16-18-21-25-30(3)29-33(32(34)35,31-26-22-20-23-27-31)28-24-19-17-13-11-9-7-5-2/h20,22-23,26-27,30H,4-19,21,24-25,28-29H2,1-3H3,(H,34,35). The summed E-state index contributed by atoms with van der Waals surface area (Å²) in [5.41, 5.74) is 0.270. The summed E-state index contributed by atoms with van der Waals surface area (Å²) in [6, 6.07) is 10.1. The Morgan fingerprint density at radius 1 is 0.686 bits per heavy atom. The fraction of sp³-hybridized carbons (Fsp3) is 0.788. The molecule has 1 rings (SSSR count). The van der Waals surface area contributed by atoms with Crippen LogP contribution in [-0.4, -0.2) is 11.1 Å². The maximum atomic E-state index is 12.7. The molecule has 1 N–H and O–H groups in total. The highest BCUT2D eigenvalue weighted by Gasteiger charge is 2.40. The number of rotatable bonds is 24. The number of hydrogen-bond donors (Lipinski definition) is 1. The van der Waals surface area contributed by atoms with Crippen LogP contribution in [0, 0.1) is 5.92 Å². The number of benzene rings is 1. The number of carboxylic acid groups (broad SMARTS) is 1. The van der Waals surface area contributed by atoms with Gasteiger partial charge in [0.2, 0.25) is 0 Å². The summed E-state index contributed by atoms with van der Waals surface area (Å²) in [5, 5.41) is 10.5. The minimum absolute atomic E-state index is 0.439. The molecule has 2 atom stereocenters. The normalized spacial score (nSPS) is 14.0. The van der Waals surface area contributed by atoms with Crippen LogP contribution in [0.3, 0.4) is 0 Å². The zero-order chi connectivity index (χ0) is 25.6. The van der Waals surface area contributed by atoms with Crippen LogP contribution in [0.2, 0.25) is 0 Å². The van der Waals surface area contributed by atoms with Crippen LogP contribution in [0.25, 0.3) is 0 Å². The summed E-state index contributed by atoms with van der Waals surface area (Å²) in [6.45, 7) is 6.81. The largest absolute Gasteiger partial charge is 0.481 e. The van der Waals surface area contributed by atoms with Crippen LogP contribution < -0.4 is 0 Å². The van der Waals surface area contributed by atoms with E-state index in [0.29, 0.717) is 5.92 Å². The van der Waals surface area contributed by atoms with Gasteiger partial charge >= 0.3 is 5.97 Å². The van der Waals surface area contributed by atoms with E-state index in [0.717, 1.165) is 37.7 Å². The first kappa shape index (κ1) is 31.7. The SMILES string of the molecule is CCCCCCCCCCCCC(C)CC(CCCCCCCCCC)(C(=O)O)c1ccccc1. The third-order valence-corrected chi connectivity index (χ3v) is 7.94. The smallest absolute Gasteiger partial charge is 0.314 e. The van der Waals surface area contributed by atoms with Gasteiger partial charge in [0.15, 0.2) is 0 Å². The van der Waals surface area contributed by atoms with Crippen molar-refractivity contribution in [2.75, 3.05) is 0 Å². The molecule has 1 aromatic rings. The van der Waals surface area contributed by atoms with Crippen LogP contribution in [0.4, 0.5) is 0 Å². The van der Waals surface area contributed by atoms with Gasteiger partial charge in [0.25, 0.3) is 0 Å². The average Bonchev–Trinajstić information content (AvgIpc) is 2.86. The molecule has 0 fully saturated rings. The summed E-state index contributed by atoms with van der Waals surface area (Å²) in [5.74, 6) is -0.184. The van der Waals surface area contributed by atoms with Crippen molar-refractivity contribution >= 4 is 5.97 Å². The highest BCUT2D eigenvalue weighted by Crippen LogP contribution is 2.38. The van der Waals surface area contributed by atoms with E-state index in [9.17, 15) is 9.90 Å². The molecule has 0 bridgehead atoms. The van der Waals surface area contributed by atoms with E-state index in [4.69, 9.17) is 0 Å². The van der Waals surface area contributed by atoms with Crippen molar-refractivity contribution in [1.82, 2.24) is 0 Å². The lowest BCUT2D eigenvalue weighted by Crippen LogP contribution is -2.37. The maximum absolute atomic E-state index is 12.7. The van der Waals surface area contributed by atoms with Crippen LogP contribution >= 0.6 is 0 Å². The number of carboxylic acids is 1. The van der Waals surface area contributed by atoms with Crippen molar-refractivity contribution in [3.05, 3.63) is 35.9 Å². The third kappa shape index (κ3) is 14.1. The van der Waals surface area contributed by atoms with Crippen LogP contribution in [0.15, 0.2) is 30.3 Å². The molecule has 0 aromatic heterocycles. The zero-order valence-corrected chi connectivity index (χ0v) is 23.7. The van der Waals surface area contributed by atoms with Crippen molar-refractivity contribution in [2.45, 2.75) is 161 Å². The second-order valence-corrected chi connectivity index (χ2v) is 11.3. The summed E-state index contributed by atoms with van der Waals surface area (Å²) < 4.78 is 0. The van der Waals surface area contributed by atoms with Gasteiger partial charge in [-0.05, 0) is 24.3 Å². The Labute approximate surface area is 218 Å². The Morgan fingerprint density at radius 3 is 1.57 bits per heavy atom. The fourth-order valence-corrected chi connectivity index (χ4v) is 5.68. The molecule has 202 valence electrons. The summed E-state index contributed by atoms with van der Waals surface area (Å²) in [4.78, 5) is 12.7. The molecule has 2 heteroatoms. The van der Waals surface area contributed by atoms with Gasteiger partial charge in [-0.25, -0.2) is 0 Å². The van der Waals surface area contributed by atoms with Gasteiger partial charge < -0.3 is 5.11 Å². The monoisotopic (exact) mass is 486 g/mol. The Hall–Kier alpha value is -1.31. The average molecular weight is 487 g/mol. The first-order valence-electron chi connectivity index (χ1n) is 15.4. The van der Waals surface area contributed by atoms with Crippen LogP contribution in [0.1, 0.15) is 161 Å². The lowest BCUT2D eigenvalue weighted by Gasteiger charge is -2.33. The van der Waals surface area contributed by atoms with E-state index in [1.165, 1.54) is 103 Å². The topological polar surface area (TPSA) is 37.3 Å². The minimum atomic E-state index is -0.735. The molecule has 0 amide bonds. The first-order valence-corrected chi connectivity index (χ1v) is 15.4. The molecule has 0 saturated heterocycles. The van der Waals surface area contributed by atoms with Gasteiger partial charge in [-0.3, -0.25) is 4.79 Å². The second kappa shape index (κ2) is 20.8. The fourth-order valence-electron chi connectivity index (χ4n) is 5.68. The zero-order valence-electron chi connectivity index (χ0n) is 23.7. The summed E-state index contributed by atoms with van der Waals surface area (Å²) in [6.07, 6.45) is 26.2. The molecule has 2 nitrogen and oxygen atoms in total. The number of carbonyl (C=O) groups is 1. The molecule has 0 saturated carbocycles. The van der Waals surface area contributed by atoms with Gasteiger partial charge in [-0.2, -0.15) is 0 Å². The molecule has 0 aliphatic carbocycles. The van der Waals surface area contributed by atoms with E-state index in [-0.39, 0.29) is 0 Å². The van der Waals surface area contributed by atoms with E-state index in [1.54, 1.807) is 0 Å². The van der Waals surface area contributed by atoms with Crippen molar-refractivity contribution in [2.24, 2.45) is 5.92 Å². The molecule has 0 spiro atoms. The van der Waals surface area contributed by atoms with Crippen molar-refractivity contribution in [3.63, 3.8) is 0 Å². The molecule has 0 radical (unpaired) electrons. The molecule has 0 aliphatic heterocycles. The van der Waals surface area contributed by atoms with Gasteiger partial charge in [0, 0.05) is 0 Å². The van der Waals surface area contributed by atoms with E-state index in [1.807, 2.05) is 30.3 Å². The number of hydrogen-bond acceptors (Lipinski definition) is 1. The minimum Gasteiger partial charge on any atom is -0.481 e. The van der Waals surface area contributed by atoms with Crippen molar-refractivity contribution in [3.8, 4) is 0 Å². The van der Waals surface area contributed by atoms with E-state index in [2.05, 4.69) is 20.8 Å². The summed E-state index contributed by atoms with van der Waals surface area (Å²) in [7, 11) is 0. The Bertz CT molecular complexity index is 611. The van der Waals surface area contributed by atoms with Crippen molar-refractivity contribution in [1.29, 1.82) is 0 Å². The Balaban J connectivity index is 2.48. The number of unbranched alkanes of at least 4 members (excludes halogenated alkanes) is 16. The van der Waals surface area contributed by atoms with E-state index < -0.39 is 11.4 Å². The molecule has 1 aromatic carbocycles. The Morgan fingerprint density at radius 2 is 1.11 bits per heavy atom. The molecule has 0 aliphatic rings. The van der Waals surface area contributed by atoms with Crippen LogP contribution in [-0.2, 0) is 10.2 Å². The third-order valence-electron chi connectivity index (χ3n) is 7.94. The molecular formula is C33H58O2. The van der Waals surface area contributed by atoms with Gasteiger partial charge in [0.1, 0.15) is 0 Å². The quantitative estimate of drug-likeness (QED) is 0.147. The first-order chi connectivity index (χ1) is 17.1. The second-order valence-electron chi connectivity index (χ2n) is 11.3. The maximum Gasteiger partial charge on any atom is 0.314 e. The molecular weight excluding hydrogens is 428 g/mol.